The molecule has 136 valence electrons. The molecule has 0 unspecified atom stereocenters. The molecule has 2 fully saturated rings. The molecule has 7 heteroatoms. The van der Waals surface area contributed by atoms with Gasteiger partial charge >= 0.3 is 0 Å². The number of amides is 2. The third-order valence-electron chi connectivity index (χ3n) is 4.97. The maximum Gasteiger partial charge on any atom is 0.263 e. The molecular weight excluding hydrogens is 368 g/mol. The van der Waals surface area contributed by atoms with Gasteiger partial charge < -0.3 is 15.0 Å². The first-order chi connectivity index (χ1) is 12.6. The monoisotopic (exact) mass is 388 g/mol. The number of thioether (sulfide) groups is 1. The second-order valence-corrected chi connectivity index (χ2v) is 8.47. The zero-order valence-electron chi connectivity index (χ0n) is 14.3. The molecule has 26 heavy (non-hydrogen) atoms. The first-order valence-corrected chi connectivity index (χ1v) is 10.2. The van der Waals surface area contributed by atoms with Gasteiger partial charge in [-0.1, -0.05) is 42.9 Å². The van der Waals surface area contributed by atoms with Gasteiger partial charge in [0.1, 0.15) is 10.1 Å². The lowest BCUT2D eigenvalue weighted by Gasteiger charge is -2.25. The molecule has 1 aromatic rings. The summed E-state index contributed by atoms with van der Waals surface area (Å²) in [5.41, 5.74) is 1.67. The van der Waals surface area contributed by atoms with Crippen molar-refractivity contribution >= 4 is 51.9 Å². The topological polar surface area (TPSA) is 58.6 Å². The Morgan fingerprint density at radius 2 is 2.12 bits per heavy atom. The number of anilines is 1. The molecule has 0 aromatic heterocycles. The third-order valence-corrected chi connectivity index (χ3v) is 6.13. The van der Waals surface area contributed by atoms with Crippen molar-refractivity contribution < 1.29 is 14.3 Å². The second-order valence-electron chi connectivity index (χ2n) is 6.75. The fourth-order valence-electron chi connectivity index (χ4n) is 3.68. The summed E-state index contributed by atoms with van der Waals surface area (Å²) >= 11 is 6.29. The van der Waals surface area contributed by atoms with Gasteiger partial charge in [0.15, 0.2) is 0 Å². The van der Waals surface area contributed by atoms with Crippen molar-refractivity contribution in [2.75, 3.05) is 18.1 Å². The first-order valence-electron chi connectivity index (χ1n) is 8.95. The molecule has 2 heterocycles. The van der Waals surface area contributed by atoms with Crippen LogP contribution in [0.3, 0.4) is 0 Å². The van der Waals surface area contributed by atoms with Crippen molar-refractivity contribution in [3.8, 4) is 5.75 Å². The Morgan fingerprint density at radius 3 is 2.85 bits per heavy atom. The van der Waals surface area contributed by atoms with E-state index in [1.165, 1.54) is 11.8 Å². The van der Waals surface area contributed by atoms with Crippen LogP contribution in [0.15, 0.2) is 23.1 Å². The maximum absolute atomic E-state index is 13.0. The van der Waals surface area contributed by atoms with E-state index in [4.69, 9.17) is 17.0 Å². The number of benzene rings is 1. The Hall–Kier alpha value is -1.86. The van der Waals surface area contributed by atoms with E-state index in [0.717, 1.165) is 49.1 Å². The highest BCUT2D eigenvalue weighted by molar-refractivity contribution is 8.26. The number of carbonyl (C=O) groups is 2. The molecule has 3 aliphatic rings. The zero-order chi connectivity index (χ0) is 18.1. The maximum atomic E-state index is 13.0. The number of hydrogen-bond donors (Lipinski definition) is 1. The third kappa shape index (κ3) is 3.50. The van der Waals surface area contributed by atoms with Gasteiger partial charge in [0, 0.05) is 12.5 Å². The number of hydrogen-bond acceptors (Lipinski definition) is 5. The molecule has 1 aliphatic carbocycles. The van der Waals surface area contributed by atoms with Crippen molar-refractivity contribution in [3.63, 3.8) is 0 Å². The van der Waals surface area contributed by atoms with Crippen LogP contribution in [0.25, 0.3) is 6.08 Å². The summed E-state index contributed by atoms with van der Waals surface area (Å²) < 4.78 is 6.30. The van der Waals surface area contributed by atoms with Gasteiger partial charge in [-0.2, -0.15) is 0 Å². The van der Waals surface area contributed by atoms with Crippen LogP contribution in [0.5, 0.6) is 5.75 Å². The Balaban J connectivity index is 1.67. The van der Waals surface area contributed by atoms with E-state index in [-0.39, 0.29) is 17.7 Å². The van der Waals surface area contributed by atoms with Gasteiger partial charge in [-0.25, -0.2) is 0 Å². The van der Waals surface area contributed by atoms with Crippen LogP contribution in [0, 0.1) is 5.92 Å². The van der Waals surface area contributed by atoms with Crippen LogP contribution in [0.4, 0.5) is 5.69 Å². The summed E-state index contributed by atoms with van der Waals surface area (Å²) in [6.07, 6.45) is 6.84. The minimum absolute atomic E-state index is 0.122. The van der Waals surface area contributed by atoms with Crippen LogP contribution in [0.1, 0.15) is 37.7 Å². The highest BCUT2D eigenvalue weighted by Gasteiger charge is 2.30. The molecular formula is C19H20N2O3S2. The van der Waals surface area contributed by atoms with E-state index in [1.54, 1.807) is 0 Å². The van der Waals surface area contributed by atoms with Crippen LogP contribution in [0.2, 0.25) is 0 Å². The second kappa shape index (κ2) is 7.40. The van der Waals surface area contributed by atoms with Gasteiger partial charge in [0.2, 0.25) is 5.91 Å². The molecule has 4 rings (SSSR count). The first kappa shape index (κ1) is 17.5. The minimum Gasteiger partial charge on any atom is -0.491 e. The smallest absolute Gasteiger partial charge is 0.263 e. The molecule has 5 nitrogen and oxygen atoms in total. The van der Waals surface area contributed by atoms with Crippen LogP contribution in [-0.2, 0) is 9.59 Å². The van der Waals surface area contributed by atoms with E-state index in [2.05, 4.69) is 5.32 Å². The normalized spacial score (nSPS) is 22.2. The summed E-state index contributed by atoms with van der Waals surface area (Å²) in [6.45, 7) is 1.27. The molecule has 2 amide bonds. The van der Waals surface area contributed by atoms with Crippen LogP contribution < -0.4 is 15.0 Å². The Morgan fingerprint density at radius 1 is 1.31 bits per heavy atom. The predicted octanol–water partition coefficient (Wildman–Crippen LogP) is 3.48. The van der Waals surface area contributed by atoms with E-state index in [0.29, 0.717) is 22.4 Å². The van der Waals surface area contributed by atoms with E-state index >= 15 is 0 Å². The van der Waals surface area contributed by atoms with E-state index in [9.17, 15) is 9.59 Å². The van der Waals surface area contributed by atoms with Gasteiger partial charge in [-0.15, -0.1) is 0 Å². The zero-order valence-corrected chi connectivity index (χ0v) is 16.0. The Kier molecular flexibility index (Phi) is 5.00. The minimum atomic E-state index is -0.176. The van der Waals surface area contributed by atoms with E-state index in [1.807, 2.05) is 29.2 Å². The molecule has 1 saturated carbocycles. The molecule has 0 atom stereocenters. The molecule has 0 bridgehead atoms. The predicted molar refractivity (Wildman–Crippen MR) is 107 cm³/mol. The number of ether oxygens (including phenoxy) is 1. The summed E-state index contributed by atoms with van der Waals surface area (Å²) in [5, 5.41) is 2.62. The summed E-state index contributed by atoms with van der Waals surface area (Å²) in [7, 11) is 0. The largest absolute Gasteiger partial charge is 0.491 e. The fraction of sp³-hybridized carbons (Fsp3) is 0.421. The molecule has 0 spiro atoms. The number of thiocarbonyl (C=S) groups is 1. The fourth-order valence-corrected chi connectivity index (χ4v) is 4.72. The lowest BCUT2D eigenvalue weighted by molar-refractivity contribution is -0.122. The highest BCUT2D eigenvalue weighted by atomic mass is 32.2. The Labute approximate surface area is 162 Å². The SMILES string of the molecule is O=C1NC(=S)S/C1=C\c1ccc2c(c1)N(C(=O)C1CCCC1)CCCO2. The number of fused-ring (bicyclic) bond motifs is 1. The average Bonchev–Trinajstić information content (AvgIpc) is 3.20. The lowest BCUT2D eigenvalue weighted by atomic mass is 10.1. The number of nitrogens with zero attached hydrogens (tertiary/aromatic N) is 1. The Bertz CT molecular complexity index is 800. The van der Waals surface area contributed by atoms with Gasteiger partial charge in [-0.3, -0.25) is 9.59 Å². The molecule has 1 aromatic carbocycles. The van der Waals surface area contributed by atoms with Crippen molar-refractivity contribution in [2.24, 2.45) is 5.92 Å². The van der Waals surface area contributed by atoms with Gasteiger partial charge in [0.05, 0.1) is 17.2 Å². The number of carbonyl (C=O) groups excluding carboxylic acids is 2. The van der Waals surface area contributed by atoms with Crippen LogP contribution in [-0.4, -0.2) is 29.3 Å². The molecule has 0 radical (unpaired) electrons. The average molecular weight is 389 g/mol. The number of rotatable bonds is 2. The summed E-state index contributed by atoms with van der Waals surface area (Å²) in [5.74, 6) is 0.879. The molecule has 1 saturated heterocycles. The van der Waals surface area contributed by atoms with Crippen molar-refractivity contribution in [1.82, 2.24) is 5.32 Å². The summed E-state index contributed by atoms with van der Waals surface area (Å²) in [6, 6.07) is 5.73. The van der Waals surface area contributed by atoms with E-state index < -0.39 is 0 Å². The highest BCUT2D eigenvalue weighted by Crippen LogP contribution is 2.36. The molecule has 1 N–H and O–H groups in total. The number of nitrogens with one attached hydrogen (secondary N) is 1. The van der Waals surface area contributed by atoms with Crippen molar-refractivity contribution in [3.05, 3.63) is 28.7 Å². The summed E-state index contributed by atoms with van der Waals surface area (Å²) in [4.78, 5) is 27.4. The standard InChI is InChI=1S/C19H20N2O3S2/c22-17-16(26-19(25)20-17)11-12-6-7-15-14(10-12)21(8-3-9-24-15)18(23)13-4-1-2-5-13/h6-7,10-11,13H,1-5,8-9H2,(H,20,22,25)/b16-11-. The van der Waals surface area contributed by atoms with Gasteiger partial charge in [-0.05, 0) is 43.0 Å². The molecule has 2 aliphatic heterocycles. The van der Waals surface area contributed by atoms with Crippen LogP contribution >= 0.6 is 24.0 Å². The van der Waals surface area contributed by atoms with Gasteiger partial charge in [0.25, 0.3) is 5.91 Å². The van der Waals surface area contributed by atoms with Crippen molar-refractivity contribution in [1.29, 1.82) is 0 Å². The van der Waals surface area contributed by atoms with Crippen molar-refractivity contribution in [2.45, 2.75) is 32.1 Å². The lowest BCUT2D eigenvalue weighted by Crippen LogP contribution is -2.35. The quantitative estimate of drug-likeness (QED) is 0.621.